The Morgan fingerprint density at radius 2 is 1.72 bits per heavy atom. The largest absolute Gasteiger partial charge is 1.00 e. The van der Waals surface area contributed by atoms with E-state index in [0.29, 0.717) is 0 Å². The number of hydrogen-bond donors (Lipinski definition) is 0. The zero-order chi connectivity index (χ0) is 23.8. The van der Waals surface area contributed by atoms with Crippen LogP contribution in [0.3, 0.4) is 0 Å². The average Bonchev–Trinajstić information content (AvgIpc) is 3.12. The molecule has 0 spiro atoms. The fraction of sp³-hybridized carbons (Fsp3) is 0.357. The maximum atomic E-state index is 11.1. The summed E-state index contributed by atoms with van der Waals surface area (Å²) >= 11 is 0. The van der Waals surface area contributed by atoms with Gasteiger partial charge in [0.2, 0.25) is 0 Å². The molecule has 2 aliphatic carbocycles. The molecule has 0 bridgehead atoms. The molecule has 4 atom stereocenters. The first-order chi connectivity index (χ1) is 17.0. The number of benzene rings is 1. The monoisotopic (exact) mass is 504 g/mol. The summed E-state index contributed by atoms with van der Waals surface area (Å²) in [5, 5.41) is 11.1. The number of carbonyl (C=O) groups is 1. The molecule has 0 saturated heterocycles. The average molecular weight is 505 g/mol. The van der Waals surface area contributed by atoms with Gasteiger partial charge in [-0.05, 0) is 61.8 Å². The van der Waals surface area contributed by atoms with E-state index in [2.05, 4.69) is 51.8 Å². The topological polar surface area (TPSA) is 92.4 Å². The summed E-state index contributed by atoms with van der Waals surface area (Å²) in [6, 6.07) is 12.5. The Hall–Kier alpha value is -1.94. The number of ether oxygens (including phenoxy) is 1. The van der Waals surface area contributed by atoms with Crippen molar-refractivity contribution < 1.29 is 66.0 Å². The Labute approximate surface area is 251 Å². The Morgan fingerprint density at radius 3 is 2.42 bits per heavy atom. The standard InChI is InChI=1S/C28H26N4O3.K/c1-14-25(26-20-6-4-3-5-19(20)15(2)35-26)32-13-16(7-8-23(32)31-14)18-11-29-27(30-12-18)17-9-21-22(10-17)24(21)28(33)34;/h3-8,11-13,15,17,21-22,24,26H,9-10H2,1-2H3,(H,33,34);/q;+1/p-1/t15-,17?,21?,22?,24?,26-;/m0./s1. The van der Waals surface area contributed by atoms with Crippen LogP contribution in [0, 0.1) is 24.7 Å². The number of nitrogens with zero attached hydrogens (tertiary/aromatic N) is 4. The van der Waals surface area contributed by atoms with Gasteiger partial charge in [0.15, 0.2) is 0 Å². The third-order valence-electron chi connectivity index (χ3n) is 8.23. The van der Waals surface area contributed by atoms with Crippen LogP contribution in [0.15, 0.2) is 55.0 Å². The molecule has 1 aliphatic heterocycles. The van der Waals surface area contributed by atoms with E-state index in [4.69, 9.17) is 9.72 Å². The van der Waals surface area contributed by atoms with E-state index < -0.39 is 5.97 Å². The fourth-order valence-electron chi connectivity index (χ4n) is 6.45. The number of aryl methyl sites for hydroxylation is 1. The zero-order valence-corrected chi connectivity index (χ0v) is 23.7. The fourth-order valence-corrected chi connectivity index (χ4v) is 6.45. The molecule has 8 heteroatoms. The number of imidazole rings is 1. The normalized spacial score (nSPS) is 27.9. The van der Waals surface area contributed by atoms with Crippen LogP contribution in [0.4, 0.5) is 0 Å². The summed E-state index contributed by atoms with van der Waals surface area (Å²) in [6.45, 7) is 4.13. The van der Waals surface area contributed by atoms with Gasteiger partial charge in [-0.25, -0.2) is 15.0 Å². The zero-order valence-electron chi connectivity index (χ0n) is 20.6. The summed E-state index contributed by atoms with van der Waals surface area (Å²) in [5.41, 5.74) is 7.24. The summed E-state index contributed by atoms with van der Waals surface area (Å²) in [5.74, 6) is 0.363. The maximum absolute atomic E-state index is 11.1. The van der Waals surface area contributed by atoms with E-state index in [1.807, 2.05) is 31.5 Å². The molecular weight excluding hydrogens is 479 g/mol. The molecule has 2 unspecified atom stereocenters. The number of aliphatic carboxylic acids is 1. The molecule has 0 radical (unpaired) electrons. The van der Waals surface area contributed by atoms with Gasteiger partial charge in [-0.15, -0.1) is 0 Å². The molecule has 3 aromatic heterocycles. The number of fused-ring (bicyclic) bond motifs is 3. The molecule has 7 rings (SSSR count). The van der Waals surface area contributed by atoms with E-state index in [1.54, 1.807) is 0 Å². The molecule has 176 valence electrons. The molecule has 0 amide bonds. The van der Waals surface area contributed by atoms with Gasteiger partial charge >= 0.3 is 51.4 Å². The van der Waals surface area contributed by atoms with E-state index in [0.717, 1.165) is 46.8 Å². The van der Waals surface area contributed by atoms with E-state index >= 15 is 0 Å². The molecule has 36 heavy (non-hydrogen) atoms. The van der Waals surface area contributed by atoms with Gasteiger partial charge in [-0.1, -0.05) is 24.3 Å². The van der Waals surface area contributed by atoms with Crippen molar-refractivity contribution in [3.8, 4) is 11.1 Å². The van der Waals surface area contributed by atoms with Gasteiger partial charge < -0.3 is 19.0 Å². The van der Waals surface area contributed by atoms with Crippen molar-refractivity contribution in [2.75, 3.05) is 0 Å². The summed E-state index contributed by atoms with van der Waals surface area (Å²) in [4.78, 5) is 25.3. The van der Waals surface area contributed by atoms with E-state index in [9.17, 15) is 9.90 Å². The molecule has 2 saturated carbocycles. The number of hydrogen-bond acceptors (Lipinski definition) is 6. The third-order valence-corrected chi connectivity index (χ3v) is 8.23. The minimum Gasteiger partial charge on any atom is -0.550 e. The van der Waals surface area contributed by atoms with Crippen molar-refractivity contribution >= 4 is 11.6 Å². The Kier molecular flexibility index (Phi) is 6.18. The molecule has 0 N–H and O–H groups in total. The van der Waals surface area contributed by atoms with Crippen molar-refractivity contribution in [1.82, 2.24) is 19.4 Å². The van der Waals surface area contributed by atoms with Crippen molar-refractivity contribution in [2.24, 2.45) is 17.8 Å². The van der Waals surface area contributed by atoms with Crippen molar-refractivity contribution in [2.45, 2.75) is 44.8 Å². The number of carboxylic acid groups (broad SMARTS) is 1. The van der Waals surface area contributed by atoms with Crippen LogP contribution in [0.2, 0.25) is 0 Å². The van der Waals surface area contributed by atoms with Crippen LogP contribution in [-0.2, 0) is 9.53 Å². The Morgan fingerprint density at radius 1 is 1.03 bits per heavy atom. The second-order valence-corrected chi connectivity index (χ2v) is 10.2. The van der Waals surface area contributed by atoms with Crippen LogP contribution < -0.4 is 56.5 Å². The SMILES string of the molecule is Cc1nc2ccc(-c3cnc(C4CC5C(C4)C5C(=O)[O-])nc3)cn2c1[C@H]1O[C@@H](C)c2ccccc21.[K+]. The predicted octanol–water partition coefficient (Wildman–Crippen LogP) is 0.774. The first-order valence-electron chi connectivity index (χ1n) is 12.3. The van der Waals surface area contributed by atoms with Crippen LogP contribution in [-0.4, -0.2) is 25.3 Å². The summed E-state index contributed by atoms with van der Waals surface area (Å²) in [7, 11) is 0. The van der Waals surface area contributed by atoms with Crippen LogP contribution >= 0.6 is 0 Å². The number of pyridine rings is 1. The molecule has 4 heterocycles. The number of carboxylic acids is 1. The van der Waals surface area contributed by atoms with Gasteiger partial charge in [0.25, 0.3) is 0 Å². The van der Waals surface area contributed by atoms with Crippen molar-refractivity contribution in [3.05, 3.63) is 83.3 Å². The van der Waals surface area contributed by atoms with Gasteiger partial charge in [-0.3, -0.25) is 0 Å². The first kappa shape index (κ1) is 24.4. The minimum atomic E-state index is -0.903. The summed E-state index contributed by atoms with van der Waals surface area (Å²) < 4.78 is 8.52. The van der Waals surface area contributed by atoms with Gasteiger partial charge in [-0.2, -0.15) is 0 Å². The molecule has 2 fully saturated rings. The molecule has 3 aliphatic rings. The molecule has 1 aromatic carbocycles. The molecular formula is C28H25KN4O3. The van der Waals surface area contributed by atoms with Gasteiger partial charge in [0, 0.05) is 47.5 Å². The van der Waals surface area contributed by atoms with E-state index in [-0.39, 0.29) is 87.3 Å². The minimum absolute atomic E-state index is 0. The second kappa shape index (κ2) is 9.11. The quantitative estimate of drug-likeness (QED) is 0.382. The first-order valence-corrected chi connectivity index (χ1v) is 12.3. The van der Waals surface area contributed by atoms with Crippen LogP contribution in [0.25, 0.3) is 16.8 Å². The number of carbonyl (C=O) groups excluding carboxylic acids is 1. The van der Waals surface area contributed by atoms with E-state index in [1.165, 1.54) is 11.1 Å². The van der Waals surface area contributed by atoms with Crippen LogP contribution in [0.5, 0.6) is 0 Å². The smallest absolute Gasteiger partial charge is 0.550 e. The Balaban J connectivity index is 0.00000240. The van der Waals surface area contributed by atoms with Crippen molar-refractivity contribution in [3.63, 3.8) is 0 Å². The van der Waals surface area contributed by atoms with Gasteiger partial charge in [0.05, 0.1) is 17.5 Å². The number of rotatable bonds is 4. The predicted molar refractivity (Wildman–Crippen MR) is 126 cm³/mol. The number of aromatic nitrogens is 4. The molecule has 7 nitrogen and oxygen atoms in total. The Bertz CT molecular complexity index is 1470. The second-order valence-electron chi connectivity index (χ2n) is 10.2. The van der Waals surface area contributed by atoms with Crippen molar-refractivity contribution in [1.29, 1.82) is 0 Å². The molecule has 4 aromatic rings. The third kappa shape index (κ3) is 3.81. The summed E-state index contributed by atoms with van der Waals surface area (Å²) in [6.07, 6.45) is 7.39. The maximum Gasteiger partial charge on any atom is 1.00 e. The van der Waals surface area contributed by atoms with Crippen LogP contribution in [0.1, 0.15) is 66.2 Å². The van der Waals surface area contributed by atoms with Gasteiger partial charge in [0.1, 0.15) is 17.6 Å².